The fraction of sp³-hybridized carbons (Fsp3) is 0.111. The first kappa shape index (κ1) is 14.8. The summed E-state index contributed by atoms with van der Waals surface area (Å²) in [5.74, 6) is 0.0860. The summed E-state index contributed by atoms with van der Waals surface area (Å²) in [6.45, 7) is 2.28. The molecule has 5 nitrogen and oxygen atoms in total. The molecule has 1 heterocycles. The van der Waals surface area contributed by atoms with Crippen molar-refractivity contribution in [1.29, 1.82) is 0 Å². The molecule has 0 saturated carbocycles. The second-order valence-corrected chi connectivity index (χ2v) is 5.35. The van der Waals surface area contributed by atoms with Crippen LogP contribution in [0.4, 0.5) is 5.82 Å². The molecule has 3 aromatic rings. The molecule has 0 saturated heterocycles. The summed E-state index contributed by atoms with van der Waals surface area (Å²) in [5.41, 5.74) is 9.95. The molecule has 0 radical (unpaired) electrons. The number of hydrogen-bond donors (Lipinski definition) is 2. The van der Waals surface area contributed by atoms with Crippen molar-refractivity contribution in [3.8, 4) is 11.3 Å². The van der Waals surface area contributed by atoms with Crippen LogP contribution in [-0.4, -0.2) is 16.2 Å². The number of hydrogen-bond acceptors (Lipinski definition) is 4. The highest BCUT2D eigenvalue weighted by Crippen LogP contribution is 2.19. The molecule has 3 rings (SSSR count). The van der Waals surface area contributed by atoms with E-state index in [4.69, 9.17) is 10.5 Å². The summed E-state index contributed by atoms with van der Waals surface area (Å²) in [6.07, 6.45) is 0. The summed E-state index contributed by atoms with van der Waals surface area (Å²) in [6, 6.07) is 16.7. The van der Waals surface area contributed by atoms with E-state index in [9.17, 15) is 4.79 Å². The number of nitrogens with one attached hydrogen (secondary N) is 1. The summed E-state index contributed by atoms with van der Waals surface area (Å²) >= 11 is 0. The number of esters is 1. The van der Waals surface area contributed by atoms with Gasteiger partial charge >= 0.3 is 5.97 Å². The molecular weight excluding hydrogens is 290 g/mol. The maximum absolute atomic E-state index is 12.1. The number of rotatable bonds is 4. The van der Waals surface area contributed by atoms with Crippen LogP contribution in [0.3, 0.4) is 0 Å². The Morgan fingerprint density at radius 2 is 1.83 bits per heavy atom. The molecule has 0 fully saturated rings. The van der Waals surface area contributed by atoms with Gasteiger partial charge in [-0.15, -0.1) is 0 Å². The topological polar surface area (TPSA) is 81.0 Å². The normalized spacial score (nSPS) is 10.5. The average Bonchev–Trinajstić information content (AvgIpc) is 3.01. The number of carbonyl (C=O) groups excluding carboxylic acids is 1. The van der Waals surface area contributed by atoms with Crippen LogP contribution in [0, 0.1) is 6.92 Å². The highest BCUT2D eigenvalue weighted by molar-refractivity contribution is 5.90. The first-order chi connectivity index (χ1) is 11.1. The van der Waals surface area contributed by atoms with Crippen molar-refractivity contribution in [2.45, 2.75) is 13.5 Å². The van der Waals surface area contributed by atoms with Crippen molar-refractivity contribution < 1.29 is 9.53 Å². The lowest BCUT2D eigenvalue weighted by atomic mass is 10.1. The minimum absolute atomic E-state index is 0.262. The lowest BCUT2D eigenvalue weighted by Gasteiger charge is -2.06. The summed E-state index contributed by atoms with van der Waals surface area (Å²) in [7, 11) is 0. The molecule has 0 bridgehead atoms. The highest BCUT2D eigenvalue weighted by Gasteiger charge is 2.08. The van der Waals surface area contributed by atoms with Crippen LogP contribution in [0.15, 0.2) is 54.6 Å². The minimum atomic E-state index is -0.346. The zero-order valence-electron chi connectivity index (χ0n) is 12.7. The Bertz CT molecular complexity index is 805. The van der Waals surface area contributed by atoms with E-state index < -0.39 is 0 Å². The van der Waals surface area contributed by atoms with E-state index in [0.717, 1.165) is 16.8 Å². The van der Waals surface area contributed by atoms with Crippen molar-refractivity contribution in [3.05, 3.63) is 71.3 Å². The van der Waals surface area contributed by atoms with Gasteiger partial charge in [-0.3, -0.25) is 5.10 Å². The monoisotopic (exact) mass is 307 g/mol. The number of aromatic nitrogens is 2. The molecular formula is C18H17N3O2. The zero-order chi connectivity index (χ0) is 16.2. The summed E-state index contributed by atoms with van der Waals surface area (Å²) < 4.78 is 5.32. The summed E-state index contributed by atoms with van der Waals surface area (Å²) in [5, 5.41) is 6.71. The average molecular weight is 307 g/mol. The van der Waals surface area contributed by atoms with Gasteiger partial charge in [0.15, 0.2) is 0 Å². The predicted molar refractivity (Wildman–Crippen MR) is 88.7 cm³/mol. The van der Waals surface area contributed by atoms with Crippen LogP contribution in [0.2, 0.25) is 0 Å². The first-order valence-corrected chi connectivity index (χ1v) is 7.26. The summed E-state index contributed by atoms with van der Waals surface area (Å²) in [4.78, 5) is 12.1. The molecule has 0 atom stereocenters. The van der Waals surface area contributed by atoms with Crippen LogP contribution in [0.1, 0.15) is 21.5 Å². The van der Waals surface area contributed by atoms with Gasteiger partial charge < -0.3 is 10.5 Å². The van der Waals surface area contributed by atoms with E-state index in [1.54, 1.807) is 18.2 Å². The molecule has 0 amide bonds. The smallest absolute Gasteiger partial charge is 0.338 e. The van der Waals surface area contributed by atoms with Crippen LogP contribution in [0.25, 0.3) is 11.3 Å². The van der Waals surface area contributed by atoms with Gasteiger partial charge in [-0.05, 0) is 30.2 Å². The Balaban J connectivity index is 1.64. The number of benzene rings is 2. The fourth-order valence-electron chi connectivity index (χ4n) is 2.19. The van der Waals surface area contributed by atoms with Crippen molar-refractivity contribution in [3.63, 3.8) is 0 Å². The molecule has 116 valence electrons. The first-order valence-electron chi connectivity index (χ1n) is 7.26. The van der Waals surface area contributed by atoms with E-state index in [-0.39, 0.29) is 12.6 Å². The quantitative estimate of drug-likeness (QED) is 0.724. The molecule has 2 aromatic carbocycles. The number of nitrogens with two attached hydrogens (primary N) is 1. The second kappa shape index (κ2) is 6.36. The van der Waals surface area contributed by atoms with Crippen LogP contribution in [-0.2, 0) is 11.3 Å². The van der Waals surface area contributed by atoms with E-state index in [0.29, 0.717) is 11.4 Å². The van der Waals surface area contributed by atoms with Crippen LogP contribution >= 0.6 is 0 Å². The number of nitrogens with zero attached hydrogens (tertiary/aromatic N) is 1. The van der Waals surface area contributed by atoms with Crippen molar-refractivity contribution in [2.24, 2.45) is 0 Å². The predicted octanol–water partition coefficient (Wildman–Crippen LogP) is 3.32. The van der Waals surface area contributed by atoms with Gasteiger partial charge in [-0.2, -0.15) is 5.10 Å². The number of aryl methyl sites for hydroxylation is 1. The Hall–Kier alpha value is -3.08. The number of nitrogen functional groups attached to an aromatic ring is 1. The zero-order valence-corrected chi connectivity index (χ0v) is 12.7. The third-order valence-corrected chi connectivity index (χ3v) is 3.52. The number of aromatic amines is 1. The highest BCUT2D eigenvalue weighted by atomic mass is 16.5. The van der Waals surface area contributed by atoms with Crippen LogP contribution in [0.5, 0.6) is 0 Å². The van der Waals surface area contributed by atoms with Gasteiger partial charge in [0.25, 0.3) is 0 Å². The Morgan fingerprint density at radius 3 is 2.43 bits per heavy atom. The molecule has 1 aromatic heterocycles. The molecule has 0 aliphatic carbocycles. The third kappa shape index (κ3) is 3.58. The van der Waals surface area contributed by atoms with Crippen molar-refractivity contribution in [1.82, 2.24) is 10.2 Å². The third-order valence-electron chi connectivity index (χ3n) is 3.52. The molecule has 5 heteroatoms. The maximum Gasteiger partial charge on any atom is 0.338 e. The lowest BCUT2D eigenvalue weighted by molar-refractivity contribution is 0.0473. The molecule has 0 spiro atoms. The van der Waals surface area contributed by atoms with Gasteiger partial charge in [0.05, 0.1) is 11.3 Å². The second-order valence-electron chi connectivity index (χ2n) is 5.35. The number of anilines is 1. The molecule has 3 N–H and O–H groups in total. The Labute approximate surface area is 134 Å². The van der Waals surface area contributed by atoms with Crippen LogP contribution < -0.4 is 5.73 Å². The maximum atomic E-state index is 12.1. The van der Waals surface area contributed by atoms with Gasteiger partial charge in [0.2, 0.25) is 0 Å². The number of ether oxygens (including phenoxy) is 1. The van der Waals surface area contributed by atoms with Gasteiger partial charge in [-0.25, -0.2) is 4.79 Å². The van der Waals surface area contributed by atoms with E-state index in [1.165, 1.54) is 5.56 Å². The van der Waals surface area contributed by atoms with Crippen molar-refractivity contribution >= 4 is 11.8 Å². The van der Waals surface area contributed by atoms with E-state index in [1.807, 2.05) is 43.3 Å². The SMILES string of the molecule is Cc1ccc(COC(=O)c2ccc(-c3cc(N)n[nH]3)cc2)cc1. The molecule has 0 aliphatic heterocycles. The largest absolute Gasteiger partial charge is 0.457 e. The standard InChI is InChI=1S/C18H17N3O2/c1-12-2-4-13(5-3-12)11-23-18(22)15-8-6-14(7-9-15)16-10-17(19)21-20-16/h2-10H,11H2,1H3,(H3,19,20,21). The molecule has 23 heavy (non-hydrogen) atoms. The lowest BCUT2D eigenvalue weighted by Crippen LogP contribution is -2.05. The van der Waals surface area contributed by atoms with E-state index >= 15 is 0 Å². The number of H-pyrrole nitrogens is 1. The van der Waals surface area contributed by atoms with Crippen molar-refractivity contribution in [2.75, 3.05) is 5.73 Å². The number of carbonyl (C=O) groups is 1. The fourth-order valence-corrected chi connectivity index (χ4v) is 2.19. The minimum Gasteiger partial charge on any atom is -0.457 e. The van der Waals surface area contributed by atoms with Gasteiger partial charge in [-0.1, -0.05) is 42.0 Å². The van der Waals surface area contributed by atoms with Gasteiger partial charge in [0, 0.05) is 6.07 Å². The van der Waals surface area contributed by atoms with Gasteiger partial charge in [0.1, 0.15) is 12.4 Å². The Kier molecular flexibility index (Phi) is 4.10. The molecule has 0 aliphatic rings. The molecule has 0 unspecified atom stereocenters. The Morgan fingerprint density at radius 1 is 1.13 bits per heavy atom. The van der Waals surface area contributed by atoms with E-state index in [2.05, 4.69) is 10.2 Å².